The van der Waals surface area contributed by atoms with Crippen molar-refractivity contribution in [3.05, 3.63) is 35.4 Å². The zero-order valence-corrected chi connectivity index (χ0v) is 7.64. The number of hydroxylamine groups is 2. The van der Waals surface area contributed by atoms with Crippen molar-refractivity contribution in [2.24, 2.45) is 0 Å². The molecule has 0 aromatic heterocycles. The van der Waals surface area contributed by atoms with Crippen LogP contribution in [0.4, 0.5) is 0 Å². The molecule has 0 N–H and O–H groups in total. The van der Waals surface area contributed by atoms with Crippen LogP contribution in [0.3, 0.4) is 0 Å². The molecule has 1 aromatic carbocycles. The van der Waals surface area contributed by atoms with Gasteiger partial charge in [-0.05, 0) is 12.1 Å². The number of carbonyl (C=O) groups excluding carboxylic acids is 2. The summed E-state index contributed by atoms with van der Waals surface area (Å²) in [5.74, 6) is -1.04. The minimum atomic E-state index is -0.522. The lowest BCUT2D eigenvalue weighted by Crippen LogP contribution is -2.30. The highest BCUT2D eigenvalue weighted by Crippen LogP contribution is 2.22. The van der Waals surface area contributed by atoms with Crippen molar-refractivity contribution < 1.29 is 14.4 Å². The van der Waals surface area contributed by atoms with Crippen LogP contribution in [0.5, 0.6) is 0 Å². The van der Waals surface area contributed by atoms with Crippen molar-refractivity contribution in [3.63, 3.8) is 0 Å². The Bertz CT molecular complexity index is 441. The van der Waals surface area contributed by atoms with Gasteiger partial charge in [0.2, 0.25) is 0 Å². The molecule has 1 heterocycles. The largest absolute Gasteiger partial charge is 0.285 e. The van der Waals surface area contributed by atoms with Gasteiger partial charge >= 0.3 is 0 Å². The molecule has 0 aliphatic carbocycles. The number of imide groups is 1. The Kier molecular flexibility index (Phi) is 2.20. The molecule has 1 aliphatic heterocycles. The molecule has 1 aliphatic rings. The predicted octanol–water partition coefficient (Wildman–Crippen LogP) is 0.738. The maximum Gasteiger partial charge on any atom is 0.285 e. The second kappa shape index (κ2) is 3.52. The fourth-order valence-corrected chi connectivity index (χ4v) is 1.38. The van der Waals surface area contributed by atoms with Gasteiger partial charge in [0.15, 0.2) is 6.61 Å². The van der Waals surface area contributed by atoms with Gasteiger partial charge in [0.25, 0.3) is 11.8 Å². The van der Waals surface area contributed by atoms with E-state index in [9.17, 15) is 9.59 Å². The molecule has 2 amide bonds. The van der Waals surface area contributed by atoms with Crippen LogP contribution in [-0.4, -0.2) is 23.5 Å². The molecule has 5 nitrogen and oxygen atoms in total. The summed E-state index contributed by atoms with van der Waals surface area (Å²) < 4.78 is 0. The van der Waals surface area contributed by atoms with Crippen LogP contribution >= 0.6 is 0 Å². The fraction of sp³-hybridized carbons (Fsp3) is 0.100. The molecule has 0 atom stereocenters. The van der Waals surface area contributed by atoms with Gasteiger partial charge in [-0.15, -0.1) is 5.06 Å². The van der Waals surface area contributed by atoms with Crippen molar-refractivity contribution in [3.8, 4) is 6.07 Å². The highest BCUT2D eigenvalue weighted by molar-refractivity contribution is 6.20. The Labute approximate surface area is 85.4 Å². The number of fused-ring (bicyclic) bond motifs is 1. The Morgan fingerprint density at radius 3 is 2.20 bits per heavy atom. The fourth-order valence-electron chi connectivity index (χ4n) is 1.38. The number of nitriles is 1. The standard InChI is InChI=1S/C10H6N2O3/c11-5-6-15-12-9(13)7-3-1-2-4-8(7)10(12)14/h1-4H,6H2. The Hall–Kier alpha value is -2.19. The molecule has 1 aromatic rings. The van der Waals surface area contributed by atoms with E-state index < -0.39 is 11.8 Å². The van der Waals surface area contributed by atoms with E-state index in [4.69, 9.17) is 10.1 Å². The van der Waals surface area contributed by atoms with E-state index in [2.05, 4.69) is 0 Å². The summed E-state index contributed by atoms with van der Waals surface area (Å²) in [5, 5.41) is 8.91. The summed E-state index contributed by atoms with van der Waals surface area (Å²) in [7, 11) is 0. The molecule has 0 saturated carbocycles. The van der Waals surface area contributed by atoms with E-state index in [1.54, 1.807) is 30.3 Å². The Morgan fingerprint density at radius 1 is 1.20 bits per heavy atom. The van der Waals surface area contributed by atoms with Crippen LogP contribution in [0.1, 0.15) is 20.7 Å². The van der Waals surface area contributed by atoms with E-state index in [0.29, 0.717) is 16.2 Å². The first-order chi connectivity index (χ1) is 7.25. The van der Waals surface area contributed by atoms with Crippen molar-refractivity contribution in [2.75, 3.05) is 6.61 Å². The highest BCUT2D eigenvalue weighted by atomic mass is 16.7. The van der Waals surface area contributed by atoms with Crippen molar-refractivity contribution in [1.29, 1.82) is 5.26 Å². The average molecular weight is 202 g/mol. The van der Waals surface area contributed by atoms with Crippen LogP contribution in [0.15, 0.2) is 24.3 Å². The molecule has 74 valence electrons. The SMILES string of the molecule is N#CCON1C(=O)c2ccccc2C1=O. The minimum absolute atomic E-state index is 0.306. The van der Waals surface area contributed by atoms with Crippen LogP contribution in [-0.2, 0) is 4.84 Å². The molecule has 0 radical (unpaired) electrons. The Morgan fingerprint density at radius 2 is 1.73 bits per heavy atom. The van der Waals surface area contributed by atoms with Gasteiger partial charge in [-0.1, -0.05) is 12.1 Å². The Balaban J connectivity index is 2.34. The first kappa shape index (κ1) is 9.37. The highest BCUT2D eigenvalue weighted by Gasteiger charge is 2.36. The molecular formula is C10H6N2O3. The van der Waals surface area contributed by atoms with Crippen molar-refractivity contribution >= 4 is 11.8 Å². The van der Waals surface area contributed by atoms with E-state index in [1.807, 2.05) is 0 Å². The summed E-state index contributed by atoms with van der Waals surface area (Å²) >= 11 is 0. The van der Waals surface area contributed by atoms with E-state index in [0.717, 1.165) is 0 Å². The minimum Gasteiger partial charge on any atom is -0.266 e. The van der Waals surface area contributed by atoms with Gasteiger partial charge < -0.3 is 0 Å². The van der Waals surface area contributed by atoms with E-state index in [1.165, 1.54) is 0 Å². The number of hydrogen-bond donors (Lipinski definition) is 0. The zero-order valence-electron chi connectivity index (χ0n) is 7.64. The number of amides is 2. The smallest absolute Gasteiger partial charge is 0.266 e. The topological polar surface area (TPSA) is 70.4 Å². The normalized spacial score (nSPS) is 13.9. The molecule has 0 saturated heterocycles. The number of hydrogen-bond acceptors (Lipinski definition) is 4. The number of nitrogens with zero attached hydrogens (tertiary/aromatic N) is 2. The molecule has 15 heavy (non-hydrogen) atoms. The quantitative estimate of drug-likeness (QED) is 0.663. The molecule has 0 fully saturated rings. The third-order valence-electron chi connectivity index (χ3n) is 2.01. The summed E-state index contributed by atoms with van der Waals surface area (Å²) in [6.07, 6.45) is 0. The summed E-state index contributed by atoms with van der Waals surface area (Å²) in [6, 6.07) is 8.12. The van der Waals surface area contributed by atoms with Crippen LogP contribution < -0.4 is 0 Å². The zero-order chi connectivity index (χ0) is 10.8. The van der Waals surface area contributed by atoms with Gasteiger partial charge in [0, 0.05) is 0 Å². The molecule has 0 bridgehead atoms. The van der Waals surface area contributed by atoms with Gasteiger partial charge in [-0.2, -0.15) is 5.26 Å². The third kappa shape index (κ3) is 1.37. The summed E-state index contributed by atoms with van der Waals surface area (Å²) in [6.45, 7) is -0.328. The molecule has 5 heteroatoms. The summed E-state index contributed by atoms with van der Waals surface area (Å²) in [4.78, 5) is 27.9. The van der Waals surface area contributed by atoms with Gasteiger partial charge in [-0.25, -0.2) is 4.84 Å². The predicted molar refractivity (Wildman–Crippen MR) is 48.5 cm³/mol. The summed E-state index contributed by atoms with van der Waals surface area (Å²) in [5.41, 5.74) is 0.612. The maximum atomic E-state index is 11.6. The van der Waals surface area contributed by atoms with Crippen molar-refractivity contribution in [2.45, 2.75) is 0 Å². The van der Waals surface area contributed by atoms with Gasteiger partial charge in [-0.3, -0.25) is 9.59 Å². The number of rotatable bonds is 2. The average Bonchev–Trinajstić information content (AvgIpc) is 2.51. The molecule has 0 spiro atoms. The first-order valence-electron chi connectivity index (χ1n) is 4.23. The first-order valence-corrected chi connectivity index (χ1v) is 4.23. The van der Waals surface area contributed by atoms with E-state index >= 15 is 0 Å². The lowest BCUT2D eigenvalue weighted by atomic mass is 10.1. The molecule has 0 unspecified atom stereocenters. The van der Waals surface area contributed by atoms with Crippen LogP contribution in [0.25, 0.3) is 0 Å². The van der Waals surface area contributed by atoms with Gasteiger partial charge in [0.1, 0.15) is 0 Å². The molecular weight excluding hydrogens is 196 g/mol. The lowest BCUT2D eigenvalue weighted by molar-refractivity contribution is -0.0785. The molecule has 2 rings (SSSR count). The van der Waals surface area contributed by atoms with Crippen LogP contribution in [0, 0.1) is 11.3 Å². The van der Waals surface area contributed by atoms with Crippen LogP contribution in [0.2, 0.25) is 0 Å². The maximum absolute atomic E-state index is 11.6. The van der Waals surface area contributed by atoms with Crippen molar-refractivity contribution in [1.82, 2.24) is 5.06 Å². The lowest BCUT2D eigenvalue weighted by Gasteiger charge is -2.09. The second-order valence-corrected chi connectivity index (χ2v) is 2.88. The number of benzene rings is 1. The third-order valence-corrected chi connectivity index (χ3v) is 2.01. The number of carbonyl (C=O) groups is 2. The van der Waals surface area contributed by atoms with Gasteiger partial charge in [0.05, 0.1) is 17.2 Å². The van der Waals surface area contributed by atoms with E-state index in [-0.39, 0.29) is 6.61 Å². The second-order valence-electron chi connectivity index (χ2n) is 2.88. The monoisotopic (exact) mass is 202 g/mol.